The second-order valence-corrected chi connectivity index (χ2v) is 9.27. The fourth-order valence-electron chi connectivity index (χ4n) is 2.30. The Morgan fingerprint density at radius 2 is 1.89 bits per heavy atom. The first-order valence-corrected chi connectivity index (χ1v) is 11.6. The number of thiophene rings is 1. The molecule has 0 unspecified atom stereocenters. The monoisotopic (exact) mass is 451 g/mol. The highest BCUT2D eigenvalue weighted by molar-refractivity contribution is 7.99. The van der Waals surface area contributed by atoms with Crippen LogP contribution in [-0.2, 0) is 22.4 Å². The predicted molar refractivity (Wildman–Crippen MR) is 118 cm³/mol. The van der Waals surface area contributed by atoms with Gasteiger partial charge in [-0.3, -0.25) is 9.59 Å². The molecule has 28 heavy (non-hydrogen) atoms. The summed E-state index contributed by atoms with van der Waals surface area (Å²) in [7, 11) is 0. The molecule has 0 saturated heterocycles. The molecule has 0 saturated carbocycles. The smallest absolute Gasteiger partial charge is 0.231 e. The van der Waals surface area contributed by atoms with Crippen LogP contribution in [0.15, 0.2) is 52.1 Å². The van der Waals surface area contributed by atoms with Crippen molar-refractivity contribution in [1.82, 2.24) is 10.3 Å². The first-order chi connectivity index (χ1) is 13.6. The van der Waals surface area contributed by atoms with Crippen molar-refractivity contribution >= 4 is 63.0 Å². The Morgan fingerprint density at radius 1 is 1.07 bits per heavy atom. The van der Waals surface area contributed by atoms with Crippen LogP contribution in [-0.4, -0.2) is 29.1 Å². The molecule has 9 heteroatoms. The van der Waals surface area contributed by atoms with Gasteiger partial charge in [-0.2, -0.15) is 0 Å². The fraction of sp³-hybridized carbons (Fsp3) is 0.211. The summed E-state index contributed by atoms with van der Waals surface area (Å²) in [6.45, 7) is 0.570. The Kier molecular flexibility index (Phi) is 7.90. The molecule has 0 bridgehead atoms. The van der Waals surface area contributed by atoms with Crippen molar-refractivity contribution in [2.24, 2.45) is 0 Å². The quantitative estimate of drug-likeness (QED) is 0.371. The second kappa shape index (κ2) is 10.6. The lowest BCUT2D eigenvalue weighted by Crippen LogP contribution is -2.27. The van der Waals surface area contributed by atoms with Gasteiger partial charge in [-0.25, -0.2) is 4.98 Å². The summed E-state index contributed by atoms with van der Waals surface area (Å²) in [5.74, 6) is 0.583. The first kappa shape index (κ1) is 20.9. The van der Waals surface area contributed by atoms with Crippen LogP contribution in [0.4, 0.5) is 5.13 Å². The van der Waals surface area contributed by atoms with Crippen LogP contribution < -0.4 is 10.6 Å². The Morgan fingerprint density at radius 3 is 2.64 bits per heavy atom. The molecule has 0 aliphatic rings. The largest absolute Gasteiger partial charge is 0.355 e. The minimum Gasteiger partial charge on any atom is -0.355 e. The van der Waals surface area contributed by atoms with Crippen LogP contribution in [0.2, 0.25) is 5.02 Å². The number of hydrogen-bond acceptors (Lipinski definition) is 6. The molecule has 0 fully saturated rings. The van der Waals surface area contributed by atoms with Gasteiger partial charge in [0, 0.05) is 32.5 Å². The van der Waals surface area contributed by atoms with E-state index in [1.54, 1.807) is 28.5 Å². The number of carbonyl (C=O) groups is 2. The Bertz CT molecular complexity index is 911. The molecule has 0 aliphatic carbocycles. The van der Waals surface area contributed by atoms with Crippen LogP contribution in [0, 0.1) is 0 Å². The fourth-order valence-corrected chi connectivity index (χ4v) is 4.62. The molecule has 3 rings (SSSR count). The van der Waals surface area contributed by atoms with E-state index in [1.807, 2.05) is 41.8 Å². The number of aromatic nitrogens is 1. The van der Waals surface area contributed by atoms with E-state index in [-0.39, 0.29) is 18.2 Å². The van der Waals surface area contributed by atoms with E-state index in [0.29, 0.717) is 28.8 Å². The number of nitrogens with one attached hydrogen (secondary N) is 2. The predicted octanol–water partition coefficient (Wildman–Crippen LogP) is 4.49. The SMILES string of the molecule is O=C(Cc1csc(NC(=O)Cc2cccs2)n1)NCCSc1ccc(Cl)cc1. The summed E-state index contributed by atoms with van der Waals surface area (Å²) >= 11 is 10.4. The van der Waals surface area contributed by atoms with Crippen LogP contribution in [0.3, 0.4) is 0 Å². The van der Waals surface area contributed by atoms with Gasteiger partial charge >= 0.3 is 0 Å². The van der Waals surface area contributed by atoms with Gasteiger partial charge in [0.1, 0.15) is 0 Å². The maximum atomic E-state index is 12.1. The molecule has 5 nitrogen and oxygen atoms in total. The highest BCUT2D eigenvalue weighted by Crippen LogP contribution is 2.20. The van der Waals surface area contributed by atoms with Gasteiger partial charge in [-0.05, 0) is 35.7 Å². The Labute approximate surface area is 180 Å². The van der Waals surface area contributed by atoms with Gasteiger partial charge in [0.05, 0.1) is 18.5 Å². The van der Waals surface area contributed by atoms with Gasteiger partial charge in [-0.1, -0.05) is 17.7 Å². The minimum absolute atomic E-state index is 0.0848. The maximum Gasteiger partial charge on any atom is 0.231 e. The molecule has 0 atom stereocenters. The second-order valence-electron chi connectivity index (χ2n) is 5.78. The van der Waals surface area contributed by atoms with Gasteiger partial charge < -0.3 is 10.6 Å². The van der Waals surface area contributed by atoms with Crippen molar-refractivity contribution in [2.75, 3.05) is 17.6 Å². The number of thioether (sulfide) groups is 1. The van der Waals surface area contributed by atoms with Crippen molar-refractivity contribution in [1.29, 1.82) is 0 Å². The molecule has 2 amide bonds. The zero-order valence-corrected chi connectivity index (χ0v) is 18.0. The van der Waals surface area contributed by atoms with E-state index in [9.17, 15) is 9.59 Å². The maximum absolute atomic E-state index is 12.1. The summed E-state index contributed by atoms with van der Waals surface area (Å²) in [6, 6.07) is 11.5. The third-order valence-corrected chi connectivity index (χ3v) is 6.51. The van der Waals surface area contributed by atoms with Crippen LogP contribution in [0.25, 0.3) is 0 Å². The average Bonchev–Trinajstić information content (AvgIpc) is 3.32. The minimum atomic E-state index is -0.105. The number of thiazole rings is 1. The van der Waals surface area contributed by atoms with Crippen LogP contribution >= 0.6 is 46.0 Å². The van der Waals surface area contributed by atoms with E-state index < -0.39 is 0 Å². The highest BCUT2D eigenvalue weighted by Gasteiger charge is 2.10. The lowest BCUT2D eigenvalue weighted by molar-refractivity contribution is -0.120. The summed E-state index contributed by atoms with van der Waals surface area (Å²) in [4.78, 5) is 30.5. The number of amides is 2. The Balaban J connectivity index is 1.36. The summed E-state index contributed by atoms with van der Waals surface area (Å²) in [5, 5.41) is 10.6. The normalized spacial score (nSPS) is 10.6. The van der Waals surface area contributed by atoms with E-state index in [4.69, 9.17) is 11.6 Å². The van der Waals surface area contributed by atoms with E-state index in [2.05, 4.69) is 15.6 Å². The molecule has 1 aromatic carbocycles. The van der Waals surface area contributed by atoms with Gasteiger partial charge in [0.15, 0.2) is 5.13 Å². The lowest BCUT2D eigenvalue weighted by atomic mass is 10.3. The highest BCUT2D eigenvalue weighted by atomic mass is 35.5. The number of carbonyl (C=O) groups excluding carboxylic acids is 2. The van der Waals surface area contributed by atoms with Gasteiger partial charge in [0.2, 0.25) is 11.8 Å². The molecule has 2 N–H and O–H groups in total. The van der Waals surface area contributed by atoms with E-state index >= 15 is 0 Å². The van der Waals surface area contributed by atoms with Crippen LogP contribution in [0.1, 0.15) is 10.6 Å². The Hall–Kier alpha value is -1.87. The number of rotatable bonds is 9. The molecule has 0 aliphatic heterocycles. The number of nitrogens with zero attached hydrogens (tertiary/aromatic N) is 1. The molecular formula is C19H18ClN3O2S3. The van der Waals surface area contributed by atoms with E-state index in [0.717, 1.165) is 15.5 Å². The van der Waals surface area contributed by atoms with Crippen molar-refractivity contribution in [3.05, 3.63) is 62.8 Å². The molecule has 3 aromatic rings. The topological polar surface area (TPSA) is 71.1 Å². The van der Waals surface area contributed by atoms with Crippen molar-refractivity contribution in [3.8, 4) is 0 Å². The van der Waals surface area contributed by atoms with Crippen molar-refractivity contribution in [3.63, 3.8) is 0 Å². The summed E-state index contributed by atoms with van der Waals surface area (Å²) < 4.78 is 0. The molecular weight excluding hydrogens is 434 g/mol. The molecule has 2 heterocycles. The van der Waals surface area contributed by atoms with Gasteiger partial charge in [0.25, 0.3) is 0 Å². The number of benzene rings is 1. The molecule has 0 spiro atoms. The third kappa shape index (κ3) is 6.94. The zero-order valence-electron chi connectivity index (χ0n) is 14.8. The number of anilines is 1. The summed E-state index contributed by atoms with van der Waals surface area (Å²) in [5.41, 5.74) is 0.652. The van der Waals surface area contributed by atoms with E-state index in [1.165, 1.54) is 11.3 Å². The van der Waals surface area contributed by atoms with Crippen molar-refractivity contribution in [2.45, 2.75) is 17.7 Å². The molecule has 0 radical (unpaired) electrons. The lowest BCUT2D eigenvalue weighted by Gasteiger charge is -2.04. The first-order valence-electron chi connectivity index (χ1n) is 8.50. The standard InChI is InChI=1S/C19H18ClN3O2S3/c20-13-3-5-15(6-4-13)27-9-7-21-17(24)10-14-12-28-19(22-14)23-18(25)11-16-2-1-8-26-16/h1-6,8,12H,7,9-11H2,(H,21,24)(H,22,23,25). The van der Waals surface area contributed by atoms with Crippen LogP contribution in [0.5, 0.6) is 0 Å². The average molecular weight is 452 g/mol. The van der Waals surface area contributed by atoms with Gasteiger partial charge in [-0.15, -0.1) is 34.4 Å². The van der Waals surface area contributed by atoms with Crippen molar-refractivity contribution < 1.29 is 9.59 Å². The molecule has 2 aromatic heterocycles. The number of hydrogen-bond donors (Lipinski definition) is 2. The zero-order chi connectivity index (χ0) is 19.8. The third-order valence-electron chi connectivity index (χ3n) is 3.56. The molecule has 146 valence electrons. The number of halogens is 1. The summed E-state index contributed by atoms with van der Waals surface area (Å²) in [6.07, 6.45) is 0.529.